The second-order valence-corrected chi connectivity index (χ2v) is 11.0. The van der Waals surface area contributed by atoms with E-state index in [4.69, 9.17) is 4.99 Å². The lowest BCUT2D eigenvalue weighted by Gasteiger charge is -2.40. The molecule has 2 aromatic carbocycles. The third kappa shape index (κ3) is 6.88. The molecule has 0 radical (unpaired) electrons. The van der Waals surface area contributed by atoms with E-state index in [0.29, 0.717) is 25.6 Å². The summed E-state index contributed by atoms with van der Waals surface area (Å²) in [5, 5.41) is 17.5. The Hall–Kier alpha value is -2.96. The number of nitrogens with zero attached hydrogens (tertiary/aromatic N) is 2. The molecule has 6 nitrogen and oxygen atoms in total. The van der Waals surface area contributed by atoms with Crippen LogP contribution in [0.2, 0.25) is 0 Å². The van der Waals surface area contributed by atoms with E-state index in [1.54, 1.807) is 0 Å². The number of amides is 1. The minimum Gasteiger partial charge on any atom is -0.391 e. The van der Waals surface area contributed by atoms with Crippen molar-refractivity contribution in [2.75, 3.05) is 20.1 Å². The molecule has 0 bridgehead atoms. The molecule has 0 saturated heterocycles. The Kier molecular flexibility index (Phi) is 8.83. The summed E-state index contributed by atoms with van der Waals surface area (Å²) in [5.41, 5.74) is 5.04. The summed E-state index contributed by atoms with van der Waals surface area (Å²) in [5.74, 6) is 0.865. The molecule has 198 valence electrons. The van der Waals surface area contributed by atoms with Crippen molar-refractivity contribution in [3.05, 3.63) is 82.6 Å². The van der Waals surface area contributed by atoms with Crippen molar-refractivity contribution in [1.29, 1.82) is 0 Å². The van der Waals surface area contributed by atoms with Crippen LogP contribution < -0.4 is 10.6 Å². The average Bonchev–Trinajstić information content (AvgIpc) is 3.70. The van der Waals surface area contributed by atoms with Gasteiger partial charge in [0.15, 0.2) is 0 Å². The molecule has 1 aliphatic heterocycles. The molecule has 4 rings (SSSR count). The van der Waals surface area contributed by atoms with Gasteiger partial charge in [-0.1, -0.05) is 57.2 Å². The maximum absolute atomic E-state index is 13.5. The summed E-state index contributed by atoms with van der Waals surface area (Å²) >= 11 is 0. The van der Waals surface area contributed by atoms with Crippen molar-refractivity contribution in [2.45, 2.75) is 77.0 Å². The summed E-state index contributed by atoms with van der Waals surface area (Å²) < 4.78 is 0. The number of benzene rings is 2. The van der Waals surface area contributed by atoms with E-state index in [0.717, 1.165) is 54.8 Å². The minimum absolute atomic E-state index is 0.00460. The van der Waals surface area contributed by atoms with E-state index in [9.17, 15) is 9.90 Å². The standard InChI is InChI=1S/C31H42N4O2/c1-5-6-17-33-29(34-25-13-14-25)23-12-16-27-28(18-23)31(2,3)21-35(30(27)37)20-26(36)15-11-22-9-7-8-10-24(22)19-32-4/h6-10,12,16-18,25-26,32,36H,5,11,13-15,19-21H2,1-4H3,(H,33,34)/b17-6+. The normalized spacial score (nSPS) is 18.2. The molecule has 1 amide bonds. The number of rotatable bonds is 11. The Labute approximate surface area is 221 Å². The minimum atomic E-state index is -0.574. The van der Waals surface area contributed by atoms with Gasteiger partial charge in [-0.2, -0.15) is 0 Å². The van der Waals surface area contributed by atoms with Crippen molar-refractivity contribution in [3.8, 4) is 0 Å². The molecule has 2 aliphatic rings. The lowest BCUT2D eigenvalue weighted by atomic mass is 9.77. The van der Waals surface area contributed by atoms with Crippen LogP contribution >= 0.6 is 0 Å². The number of hydrogen-bond acceptors (Lipinski definition) is 4. The Bertz CT molecular complexity index is 1150. The molecule has 1 atom stereocenters. The SMILES string of the molecule is CC/C=C/NC(=NC1CC1)c1ccc2c(c1)C(C)(C)CN(CC(O)CCc1ccccc1CNC)C2=O. The number of hydrogen-bond donors (Lipinski definition) is 3. The first-order valence-corrected chi connectivity index (χ1v) is 13.7. The predicted octanol–water partition coefficient (Wildman–Crippen LogP) is 4.56. The molecular weight excluding hydrogens is 460 g/mol. The molecule has 37 heavy (non-hydrogen) atoms. The van der Waals surface area contributed by atoms with E-state index in [1.165, 1.54) is 11.1 Å². The van der Waals surface area contributed by atoms with Gasteiger partial charge in [0.25, 0.3) is 5.91 Å². The summed E-state index contributed by atoms with van der Waals surface area (Å²) in [4.78, 5) is 20.2. The smallest absolute Gasteiger partial charge is 0.254 e. The van der Waals surface area contributed by atoms with Gasteiger partial charge in [0, 0.05) is 36.2 Å². The van der Waals surface area contributed by atoms with Crippen LogP contribution in [0.4, 0.5) is 0 Å². The van der Waals surface area contributed by atoms with Crippen molar-refractivity contribution in [3.63, 3.8) is 0 Å². The van der Waals surface area contributed by atoms with Gasteiger partial charge in [-0.25, -0.2) is 0 Å². The number of nitrogens with one attached hydrogen (secondary N) is 2. The van der Waals surface area contributed by atoms with Crippen LogP contribution in [-0.4, -0.2) is 54.0 Å². The van der Waals surface area contributed by atoms with Gasteiger partial charge >= 0.3 is 0 Å². The molecule has 6 heteroatoms. The maximum Gasteiger partial charge on any atom is 0.254 e. The lowest BCUT2D eigenvalue weighted by Crippen LogP contribution is -2.49. The molecular formula is C31H42N4O2. The van der Waals surface area contributed by atoms with Crippen LogP contribution in [0.15, 0.2) is 59.7 Å². The van der Waals surface area contributed by atoms with Gasteiger partial charge in [0.1, 0.15) is 5.84 Å². The average molecular weight is 503 g/mol. The van der Waals surface area contributed by atoms with Gasteiger partial charge in [0.2, 0.25) is 0 Å². The second kappa shape index (κ2) is 12.1. The highest BCUT2D eigenvalue weighted by molar-refractivity contribution is 6.03. The summed E-state index contributed by atoms with van der Waals surface area (Å²) in [7, 11) is 1.94. The van der Waals surface area contributed by atoms with E-state index in [-0.39, 0.29) is 11.3 Å². The van der Waals surface area contributed by atoms with Crippen LogP contribution in [0.25, 0.3) is 0 Å². The highest BCUT2D eigenvalue weighted by atomic mass is 16.3. The van der Waals surface area contributed by atoms with Crippen molar-refractivity contribution >= 4 is 11.7 Å². The quantitative estimate of drug-likeness (QED) is 0.311. The lowest BCUT2D eigenvalue weighted by molar-refractivity contribution is 0.0526. The first kappa shape index (κ1) is 27.1. The summed E-state index contributed by atoms with van der Waals surface area (Å²) in [6.45, 7) is 8.19. The highest BCUT2D eigenvalue weighted by Gasteiger charge is 2.37. The number of carbonyl (C=O) groups is 1. The van der Waals surface area contributed by atoms with E-state index < -0.39 is 6.10 Å². The third-order valence-electron chi connectivity index (χ3n) is 7.22. The Balaban J connectivity index is 1.47. The molecule has 0 spiro atoms. The van der Waals surface area contributed by atoms with Gasteiger partial charge < -0.3 is 20.6 Å². The zero-order valence-corrected chi connectivity index (χ0v) is 22.8. The zero-order valence-electron chi connectivity index (χ0n) is 22.8. The predicted molar refractivity (Wildman–Crippen MR) is 151 cm³/mol. The van der Waals surface area contributed by atoms with Crippen LogP contribution in [-0.2, 0) is 18.4 Å². The molecule has 1 saturated carbocycles. The Morgan fingerprint density at radius 1 is 1.22 bits per heavy atom. The Morgan fingerprint density at radius 2 is 1.97 bits per heavy atom. The number of carbonyl (C=O) groups excluding carboxylic acids is 1. The molecule has 1 unspecified atom stereocenters. The van der Waals surface area contributed by atoms with Crippen LogP contribution in [0, 0.1) is 0 Å². The van der Waals surface area contributed by atoms with Crippen LogP contribution in [0.3, 0.4) is 0 Å². The topological polar surface area (TPSA) is 77.0 Å². The van der Waals surface area contributed by atoms with Crippen LogP contribution in [0.1, 0.15) is 79.1 Å². The number of amidine groups is 1. The molecule has 3 N–H and O–H groups in total. The fourth-order valence-electron chi connectivity index (χ4n) is 5.06. The number of aryl methyl sites for hydroxylation is 1. The highest BCUT2D eigenvalue weighted by Crippen LogP contribution is 2.35. The molecule has 1 fully saturated rings. The van der Waals surface area contributed by atoms with Gasteiger partial charge in [-0.3, -0.25) is 9.79 Å². The fourth-order valence-corrected chi connectivity index (χ4v) is 5.06. The fraction of sp³-hybridized carbons (Fsp3) is 0.484. The largest absolute Gasteiger partial charge is 0.391 e. The van der Waals surface area contributed by atoms with Gasteiger partial charge in [-0.05, 0) is 74.2 Å². The third-order valence-corrected chi connectivity index (χ3v) is 7.22. The number of allylic oxidation sites excluding steroid dienone is 1. The first-order valence-electron chi connectivity index (χ1n) is 13.7. The number of β-amino-alcohol motifs (C(OH)–C–C–N with tert-alkyl or cyclic N) is 1. The number of aliphatic hydroxyl groups is 1. The molecule has 1 aliphatic carbocycles. The zero-order chi connectivity index (χ0) is 26.4. The van der Waals surface area contributed by atoms with Crippen molar-refractivity contribution in [2.24, 2.45) is 4.99 Å². The van der Waals surface area contributed by atoms with E-state index in [1.807, 2.05) is 42.4 Å². The Morgan fingerprint density at radius 3 is 2.68 bits per heavy atom. The molecule has 2 aromatic rings. The summed E-state index contributed by atoms with van der Waals surface area (Å²) in [6, 6.07) is 14.8. The number of fused-ring (bicyclic) bond motifs is 1. The van der Waals surface area contributed by atoms with Gasteiger partial charge in [0.05, 0.1) is 12.1 Å². The monoisotopic (exact) mass is 502 g/mol. The molecule has 0 aromatic heterocycles. The molecule has 1 heterocycles. The first-order chi connectivity index (χ1) is 17.8. The van der Waals surface area contributed by atoms with Crippen LogP contribution in [0.5, 0.6) is 0 Å². The van der Waals surface area contributed by atoms with Crippen molar-refractivity contribution < 1.29 is 9.90 Å². The van der Waals surface area contributed by atoms with Gasteiger partial charge in [-0.15, -0.1) is 0 Å². The number of aliphatic imine (C=N–C) groups is 1. The second-order valence-electron chi connectivity index (χ2n) is 11.0. The maximum atomic E-state index is 13.5. The van der Waals surface area contributed by atoms with Crippen molar-refractivity contribution in [1.82, 2.24) is 15.5 Å². The summed E-state index contributed by atoms with van der Waals surface area (Å²) in [6.07, 6.45) is 8.09. The van der Waals surface area contributed by atoms with E-state index in [2.05, 4.69) is 55.7 Å². The number of aliphatic hydroxyl groups excluding tert-OH is 1. The van der Waals surface area contributed by atoms with E-state index >= 15 is 0 Å².